The first-order chi connectivity index (χ1) is 10.4. The Kier molecular flexibility index (Phi) is 7.31. The molecule has 0 aromatic heterocycles. The molecule has 2 rings (SSSR count). The third kappa shape index (κ3) is 6.01. The maximum absolute atomic E-state index is 12.7. The summed E-state index contributed by atoms with van der Waals surface area (Å²) in [6.07, 6.45) is -5.30. The van der Waals surface area contributed by atoms with Gasteiger partial charge in [0.1, 0.15) is 6.10 Å². The molecule has 23 heavy (non-hydrogen) atoms. The molecule has 1 saturated heterocycles. The van der Waals surface area contributed by atoms with Gasteiger partial charge in [-0.15, -0.1) is 12.4 Å². The van der Waals surface area contributed by atoms with Gasteiger partial charge < -0.3 is 15.8 Å². The lowest BCUT2D eigenvalue weighted by Crippen LogP contribution is -2.39. The number of nitrogens with one attached hydrogen (secondary N) is 1. The molecule has 0 bridgehead atoms. The van der Waals surface area contributed by atoms with Crippen LogP contribution < -0.4 is 11.1 Å². The van der Waals surface area contributed by atoms with Crippen LogP contribution in [0.3, 0.4) is 0 Å². The zero-order valence-corrected chi connectivity index (χ0v) is 13.2. The predicted octanol–water partition coefficient (Wildman–Crippen LogP) is 2.72. The van der Waals surface area contributed by atoms with E-state index in [1.807, 2.05) is 0 Å². The zero-order chi connectivity index (χ0) is 16.2. The smallest absolute Gasteiger partial charge is 0.364 e. The van der Waals surface area contributed by atoms with Crippen molar-refractivity contribution in [2.75, 3.05) is 6.54 Å². The number of carbonyl (C=O) groups is 1. The fourth-order valence-corrected chi connectivity index (χ4v) is 2.51. The number of nitrogens with two attached hydrogens (primary N) is 1. The van der Waals surface area contributed by atoms with E-state index in [1.165, 1.54) is 0 Å². The Balaban J connectivity index is 0.00000264. The summed E-state index contributed by atoms with van der Waals surface area (Å²) in [6.45, 7) is 0.300. The number of amides is 1. The summed E-state index contributed by atoms with van der Waals surface area (Å²) >= 11 is 0. The second-order valence-corrected chi connectivity index (χ2v) is 5.35. The lowest BCUT2D eigenvalue weighted by Gasteiger charge is -2.22. The van der Waals surface area contributed by atoms with E-state index >= 15 is 0 Å². The summed E-state index contributed by atoms with van der Waals surface area (Å²) in [5.41, 5.74) is 5.88. The standard InChI is InChI=1S/C15H19F3N2O2.ClH/c16-15(17,18)8-12(10-4-2-1-3-5-10)20-14(21)13-7-6-11(9-19)22-13;/h1-5,11-13H,6-9,19H2,(H,20,21);1H/t11-,12?,13+;/m1./s1. The number of carbonyl (C=O) groups excluding carboxylic acids is 1. The second kappa shape index (κ2) is 8.52. The lowest BCUT2D eigenvalue weighted by atomic mass is 10.0. The van der Waals surface area contributed by atoms with Gasteiger partial charge in [0.2, 0.25) is 5.91 Å². The van der Waals surface area contributed by atoms with Gasteiger partial charge in [0.15, 0.2) is 0 Å². The normalized spacial score (nSPS) is 22.3. The molecule has 0 aliphatic carbocycles. The van der Waals surface area contributed by atoms with Crippen LogP contribution in [-0.2, 0) is 9.53 Å². The highest BCUT2D eigenvalue weighted by Gasteiger charge is 2.36. The minimum absolute atomic E-state index is 0. The van der Waals surface area contributed by atoms with Crippen molar-refractivity contribution in [1.29, 1.82) is 0 Å². The third-order valence-corrected chi connectivity index (χ3v) is 3.62. The number of ether oxygens (including phenoxy) is 1. The lowest BCUT2D eigenvalue weighted by molar-refractivity contribution is -0.145. The fraction of sp³-hybridized carbons (Fsp3) is 0.533. The number of halogens is 4. The molecule has 3 N–H and O–H groups in total. The number of hydrogen-bond donors (Lipinski definition) is 2. The van der Waals surface area contributed by atoms with Gasteiger partial charge in [-0.3, -0.25) is 4.79 Å². The molecule has 1 unspecified atom stereocenters. The van der Waals surface area contributed by atoms with Crippen molar-refractivity contribution in [3.63, 3.8) is 0 Å². The molecule has 0 saturated carbocycles. The molecule has 130 valence electrons. The Morgan fingerprint density at radius 3 is 2.48 bits per heavy atom. The zero-order valence-electron chi connectivity index (χ0n) is 12.4. The summed E-state index contributed by atoms with van der Waals surface area (Å²) in [7, 11) is 0. The predicted molar refractivity (Wildman–Crippen MR) is 82.2 cm³/mol. The van der Waals surface area contributed by atoms with Crippen LogP contribution in [-0.4, -0.2) is 30.8 Å². The van der Waals surface area contributed by atoms with Gasteiger partial charge in [0.05, 0.1) is 18.6 Å². The number of hydrogen-bond acceptors (Lipinski definition) is 3. The Morgan fingerprint density at radius 1 is 1.30 bits per heavy atom. The SMILES string of the molecule is Cl.NC[C@H]1CC[C@@H](C(=O)NC(CC(F)(F)F)c2ccccc2)O1. The molecule has 1 amide bonds. The molecule has 4 nitrogen and oxygen atoms in total. The molecule has 1 aromatic carbocycles. The topological polar surface area (TPSA) is 64.4 Å². The molecule has 1 heterocycles. The highest BCUT2D eigenvalue weighted by atomic mass is 35.5. The number of alkyl halides is 3. The van der Waals surface area contributed by atoms with Crippen LogP contribution in [0.25, 0.3) is 0 Å². The molecular weight excluding hydrogens is 333 g/mol. The summed E-state index contributed by atoms with van der Waals surface area (Å²) in [6, 6.07) is 7.00. The van der Waals surface area contributed by atoms with E-state index in [9.17, 15) is 18.0 Å². The third-order valence-electron chi connectivity index (χ3n) is 3.62. The van der Waals surface area contributed by atoms with Crippen LogP contribution in [0, 0.1) is 0 Å². The monoisotopic (exact) mass is 352 g/mol. The second-order valence-electron chi connectivity index (χ2n) is 5.35. The number of rotatable bonds is 5. The van der Waals surface area contributed by atoms with E-state index in [1.54, 1.807) is 30.3 Å². The Morgan fingerprint density at radius 2 is 1.96 bits per heavy atom. The molecule has 8 heteroatoms. The van der Waals surface area contributed by atoms with Gasteiger partial charge in [0, 0.05) is 6.54 Å². The van der Waals surface area contributed by atoms with E-state index in [2.05, 4.69) is 5.32 Å². The largest absolute Gasteiger partial charge is 0.391 e. The van der Waals surface area contributed by atoms with Crippen molar-refractivity contribution in [1.82, 2.24) is 5.32 Å². The van der Waals surface area contributed by atoms with Gasteiger partial charge in [-0.25, -0.2) is 0 Å². The maximum Gasteiger partial charge on any atom is 0.391 e. The van der Waals surface area contributed by atoms with Crippen molar-refractivity contribution in [3.8, 4) is 0 Å². The van der Waals surface area contributed by atoms with Crippen molar-refractivity contribution in [2.45, 2.75) is 43.7 Å². The van der Waals surface area contributed by atoms with Gasteiger partial charge in [-0.05, 0) is 18.4 Å². The summed E-state index contributed by atoms with van der Waals surface area (Å²) in [4.78, 5) is 12.1. The van der Waals surface area contributed by atoms with Crippen LogP contribution in [0.2, 0.25) is 0 Å². The molecule has 1 aliphatic heterocycles. The average molecular weight is 353 g/mol. The van der Waals surface area contributed by atoms with Gasteiger partial charge in [0.25, 0.3) is 0 Å². The minimum Gasteiger partial charge on any atom is -0.364 e. The summed E-state index contributed by atoms with van der Waals surface area (Å²) < 4.78 is 43.6. The number of benzene rings is 1. The van der Waals surface area contributed by atoms with E-state index < -0.39 is 30.7 Å². The Labute approximate surface area is 139 Å². The van der Waals surface area contributed by atoms with Crippen LogP contribution in [0.4, 0.5) is 13.2 Å². The Hall–Kier alpha value is -1.31. The molecule has 1 fully saturated rings. The molecule has 1 aliphatic rings. The quantitative estimate of drug-likeness (QED) is 0.856. The van der Waals surface area contributed by atoms with Crippen molar-refractivity contribution in [2.24, 2.45) is 5.73 Å². The van der Waals surface area contributed by atoms with E-state index in [4.69, 9.17) is 10.5 Å². The van der Waals surface area contributed by atoms with E-state index in [0.717, 1.165) is 0 Å². The maximum atomic E-state index is 12.7. The minimum atomic E-state index is -4.37. The van der Waals surface area contributed by atoms with E-state index in [0.29, 0.717) is 24.9 Å². The van der Waals surface area contributed by atoms with Crippen molar-refractivity contribution >= 4 is 18.3 Å². The summed E-state index contributed by atoms with van der Waals surface area (Å²) in [5.74, 6) is -0.519. The molecule has 0 radical (unpaired) electrons. The molecular formula is C15H20ClF3N2O2. The molecule has 1 aromatic rings. The van der Waals surface area contributed by atoms with Crippen LogP contribution in [0.15, 0.2) is 30.3 Å². The highest BCUT2D eigenvalue weighted by molar-refractivity contribution is 5.85. The fourth-order valence-electron chi connectivity index (χ4n) is 2.51. The first-order valence-corrected chi connectivity index (χ1v) is 7.16. The van der Waals surface area contributed by atoms with Crippen LogP contribution in [0.1, 0.15) is 30.9 Å². The Bertz CT molecular complexity index is 499. The van der Waals surface area contributed by atoms with E-state index in [-0.39, 0.29) is 18.5 Å². The van der Waals surface area contributed by atoms with Crippen LogP contribution in [0.5, 0.6) is 0 Å². The summed E-state index contributed by atoms with van der Waals surface area (Å²) in [5, 5.41) is 2.45. The van der Waals surface area contributed by atoms with Crippen molar-refractivity contribution in [3.05, 3.63) is 35.9 Å². The molecule has 0 spiro atoms. The van der Waals surface area contributed by atoms with Gasteiger partial charge >= 0.3 is 6.18 Å². The first kappa shape index (κ1) is 19.7. The van der Waals surface area contributed by atoms with Crippen molar-refractivity contribution < 1.29 is 22.7 Å². The van der Waals surface area contributed by atoms with Gasteiger partial charge in [-0.1, -0.05) is 30.3 Å². The van der Waals surface area contributed by atoms with Crippen LogP contribution >= 0.6 is 12.4 Å². The van der Waals surface area contributed by atoms with Gasteiger partial charge in [-0.2, -0.15) is 13.2 Å². The highest BCUT2D eigenvalue weighted by Crippen LogP contribution is 2.30. The first-order valence-electron chi connectivity index (χ1n) is 7.16. The average Bonchev–Trinajstić information content (AvgIpc) is 2.95. The molecule has 3 atom stereocenters.